The highest BCUT2D eigenvalue weighted by molar-refractivity contribution is 5.63. The second-order valence-electron chi connectivity index (χ2n) is 7.86. The van der Waals surface area contributed by atoms with Gasteiger partial charge in [0, 0.05) is 56.2 Å². The van der Waals surface area contributed by atoms with E-state index in [1.165, 1.54) is 37.9 Å². The maximum absolute atomic E-state index is 4.76. The molecule has 3 heterocycles. The number of hydrogen-bond acceptors (Lipinski definition) is 5. The fraction of sp³-hybridized carbons (Fsp3) is 0.600. The molecule has 6 heteroatoms. The Bertz CT molecular complexity index is 697. The van der Waals surface area contributed by atoms with E-state index in [-0.39, 0.29) is 0 Å². The second kappa shape index (κ2) is 7.76. The van der Waals surface area contributed by atoms with Gasteiger partial charge < -0.3 is 15.1 Å². The van der Waals surface area contributed by atoms with Gasteiger partial charge in [-0.05, 0) is 50.9 Å². The molecule has 4 rings (SSSR count). The van der Waals surface area contributed by atoms with Crippen LogP contribution in [0.4, 0.5) is 5.82 Å². The van der Waals surface area contributed by atoms with Crippen LogP contribution in [0.1, 0.15) is 24.8 Å². The van der Waals surface area contributed by atoms with E-state index in [1.54, 1.807) is 0 Å². The second-order valence-corrected chi connectivity index (χ2v) is 7.86. The molecule has 2 aromatic heterocycles. The van der Waals surface area contributed by atoms with Crippen molar-refractivity contribution in [2.45, 2.75) is 25.8 Å². The minimum Gasteiger partial charge on any atom is -0.356 e. The summed E-state index contributed by atoms with van der Waals surface area (Å²) in [4.78, 5) is 9.53. The fourth-order valence-corrected chi connectivity index (χ4v) is 4.49. The van der Waals surface area contributed by atoms with Crippen LogP contribution in [0.3, 0.4) is 0 Å². The SMILES string of the molecule is CNCCN(C)Cc1c[nH]nc1-c1ccc(N2CC3CCCC3C2)nc1. The number of hydrogen-bond donors (Lipinski definition) is 2. The third kappa shape index (κ3) is 3.62. The van der Waals surface area contributed by atoms with Crippen molar-refractivity contribution in [3.05, 3.63) is 30.1 Å². The molecule has 2 aliphatic rings. The van der Waals surface area contributed by atoms with Gasteiger partial charge in [-0.3, -0.25) is 5.10 Å². The Morgan fingerprint density at radius 1 is 1.27 bits per heavy atom. The summed E-state index contributed by atoms with van der Waals surface area (Å²) in [5.41, 5.74) is 3.32. The first-order valence-electron chi connectivity index (χ1n) is 9.81. The van der Waals surface area contributed by atoms with Crippen molar-refractivity contribution < 1.29 is 0 Å². The van der Waals surface area contributed by atoms with E-state index in [2.05, 4.69) is 44.5 Å². The maximum atomic E-state index is 4.76. The molecule has 0 bridgehead atoms. The summed E-state index contributed by atoms with van der Waals surface area (Å²) in [5, 5.41) is 10.7. The number of nitrogens with zero attached hydrogens (tertiary/aromatic N) is 4. The number of anilines is 1. The van der Waals surface area contributed by atoms with Gasteiger partial charge in [-0.2, -0.15) is 5.10 Å². The highest BCUT2D eigenvalue weighted by Gasteiger charge is 2.36. The van der Waals surface area contributed by atoms with E-state index in [0.29, 0.717) is 0 Å². The molecule has 6 nitrogen and oxygen atoms in total. The summed E-state index contributed by atoms with van der Waals surface area (Å²) in [6, 6.07) is 4.34. The first-order valence-corrected chi connectivity index (χ1v) is 9.81. The normalized spacial score (nSPS) is 22.3. The Kier molecular flexibility index (Phi) is 5.22. The molecule has 140 valence electrons. The largest absolute Gasteiger partial charge is 0.356 e. The average molecular weight is 355 g/mol. The minimum atomic E-state index is 0.880. The van der Waals surface area contributed by atoms with Gasteiger partial charge in [-0.15, -0.1) is 0 Å². The number of rotatable bonds is 7. The third-order valence-electron chi connectivity index (χ3n) is 5.97. The van der Waals surface area contributed by atoms with Crippen LogP contribution in [0.15, 0.2) is 24.5 Å². The molecule has 0 amide bonds. The zero-order valence-electron chi connectivity index (χ0n) is 15.9. The van der Waals surface area contributed by atoms with E-state index in [4.69, 9.17) is 4.98 Å². The first-order chi connectivity index (χ1) is 12.7. The summed E-state index contributed by atoms with van der Waals surface area (Å²) < 4.78 is 0. The van der Waals surface area contributed by atoms with Crippen molar-refractivity contribution in [1.82, 2.24) is 25.4 Å². The quantitative estimate of drug-likeness (QED) is 0.799. The summed E-state index contributed by atoms with van der Waals surface area (Å²) in [6.45, 7) is 5.24. The molecule has 2 atom stereocenters. The molecule has 2 N–H and O–H groups in total. The molecule has 26 heavy (non-hydrogen) atoms. The summed E-state index contributed by atoms with van der Waals surface area (Å²) in [6.07, 6.45) is 8.20. The lowest BCUT2D eigenvalue weighted by molar-refractivity contribution is 0.328. The smallest absolute Gasteiger partial charge is 0.128 e. The predicted molar refractivity (Wildman–Crippen MR) is 105 cm³/mol. The van der Waals surface area contributed by atoms with Crippen molar-refractivity contribution in [3.8, 4) is 11.3 Å². The molecule has 0 aromatic carbocycles. The van der Waals surface area contributed by atoms with Crippen molar-refractivity contribution in [2.75, 3.05) is 45.2 Å². The predicted octanol–water partition coefficient (Wildman–Crippen LogP) is 2.36. The Morgan fingerprint density at radius 2 is 2.08 bits per heavy atom. The molecule has 1 aliphatic carbocycles. The Morgan fingerprint density at radius 3 is 2.77 bits per heavy atom. The zero-order valence-corrected chi connectivity index (χ0v) is 15.9. The topological polar surface area (TPSA) is 60.1 Å². The number of likely N-dealkylation sites (N-methyl/N-ethyl adjacent to an activating group) is 2. The molecule has 1 saturated heterocycles. The first kappa shape index (κ1) is 17.5. The fourth-order valence-electron chi connectivity index (χ4n) is 4.49. The molecular formula is C20H30N6. The van der Waals surface area contributed by atoms with Crippen LogP contribution in [0.2, 0.25) is 0 Å². The summed E-state index contributed by atoms with van der Waals surface area (Å²) in [5.74, 6) is 2.90. The third-order valence-corrected chi connectivity index (χ3v) is 5.97. The standard InChI is InChI=1S/C20H30N6/c1-21-8-9-25(2)12-18-11-23-24-20(18)15-6-7-19(22-10-15)26-13-16-4-3-5-17(16)14-26/h6-7,10-11,16-17,21H,3-5,8-9,12-14H2,1-2H3,(H,23,24). The number of nitrogens with one attached hydrogen (secondary N) is 2. The molecule has 0 radical (unpaired) electrons. The number of pyridine rings is 1. The zero-order chi connectivity index (χ0) is 17.9. The van der Waals surface area contributed by atoms with Crippen LogP contribution < -0.4 is 10.2 Å². The van der Waals surface area contributed by atoms with Crippen LogP contribution in [-0.4, -0.2) is 60.4 Å². The lowest BCUT2D eigenvalue weighted by Gasteiger charge is -2.19. The van der Waals surface area contributed by atoms with Crippen LogP contribution in [-0.2, 0) is 6.54 Å². The highest BCUT2D eigenvalue weighted by atomic mass is 15.2. The van der Waals surface area contributed by atoms with Crippen LogP contribution in [0.25, 0.3) is 11.3 Å². The van der Waals surface area contributed by atoms with Crippen LogP contribution >= 0.6 is 0 Å². The molecule has 1 saturated carbocycles. The van der Waals surface area contributed by atoms with Gasteiger partial charge in [0.1, 0.15) is 5.82 Å². The van der Waals surface area contributed by atoms with Gasteiger partial charge in [0.05, 0.1) is 5.69 Å². The van der Waals surface area contributed by atoms with Gasteiger partial charge in [0.15, 0.2) is 0 Å². The van der Waals surface area contributed by atoms with E-state index in [9.17, 15) is 0 Å². The van der Waals surface area contributed by atoms with E-state index < -0.39 is 0 Å². The number of fused-ring (bicyclic) bond motifs is 1. The van der Waals surface area contributed by atoms with Crippen molar-refractivity contribution in [1.29, 1.82) is 0 Å². The average Bonchev–Trinajstić information content (AvgIpc) is 3.36. The number of aromatic amines is 1. The Labute approximate surface area is 156 Å². The number of aromatic nitrogens is 3. The molecule has 2 unspecified atom stereocenters. The van der Waals surface area contributed by atoms with Gasteiger partial charge in [-0.1, -0.05) is 6.42 Å². The Hall–Kier alpha value is -1.92. The minimum absolute atomic E-state index is 0.880. The van der Waals surface area contributed by atoms with Gasteiger partial charge in [0.2, 0.25) is 0 Å². The highest BCUT2D eigenvalue weighted by Crippen LogP contribution is 2.39. The maximum Gasteiger partial charge on any atom is 0.128 e. The van der Waals surface area contributed by atoms with Crippen LogP contribution in [0.5, 0.6) is 0 Å². The lowest BCUT2D eigenvalue weighted by Crippen LogP contribution is -2.27. The van der Waals surface area contributed by atoms with Crippen molar-refractivity contribution >= 4 is 5.82 Å². The van der Waals surface area contributed by atoms with E-state index in [0.717, 1.165) is 48.5 Å². The number of H-pyrrole nitrogens is 1. The van der Waals surface area contributed by atoms with E-state index in [1.807, 2.05) is 19.4 Å². The van der Waals surface area contributed by atoms with Gasteiger partial charge in [0.25, 0.3) is 0 Å². The lowest BCUT2D eigenvalue weighted by atomic mass is 10.0. The molecule has 0 spiro atoms. The summed E-state index contributed by atoms with van der Waals surface area (Å²) >= 11 is 0. The molecular weight excluding hydrogens is 324 g/mol. The van der Waals surface area contributed by atoms with Crippen LogP contribution in [0, 0.1) is 11.8 Å². The monoisotopic (exact) mass is 354 g/mol. The molecule has 2 aromatic rings. The molecule has 2 fully saturated rings. The van der Waals surface area contributed by atoms with Crippen molar-refractivity contribution in [2.24, 2.45) is 11.8 Å². The molecule has 1 aliphatic heterocycles. The van der Waals surface area contributed by atoms with Gasteiger partial charge >= 0.3 is 0 Å². The van der Waals surface area contributed by atoms with E-state index >= 15 is 0 Å². The summed E-state index contributed by atoms with van der Waals surface area (Å²) in [7, 11) is 4.12. The Balaban J connectivity index is 1.44. The van der Waals surface area contributed by atoms with Gasteiger partial charge in [-0.25, -0.2) is 4.98 Å². The van der Waals surface area contributed by atoms with Crippen molar-refractivity contribution in [3.63, 3.8) is 0 Å².